The van der Waals surface area contributed by atoms with E-state index in [2.05, 4.69) is 11.2 Å². The molecule has 0 radical (unpaired) electrons. The highest BCUT2D eigenvalue weighted by Gasteiger charge is 2.18. The Hall–Kier alpha value is -3.72. The number of carbonyl (C=O) groups is 1. The van der Waals surface area contributed by atoms with Crippen LogP contribution in [0, 0.1) is 12.3 Å². The van der Waals surface area contributed by atoms with Crippen molar-refractivity contribution in [3.05, 3.63) is 48.0 Å². The van der Waals surface area contributed by atoms with Gasteiger partial charge in [-0.2, -0.15) is 0 Å². The predicted octanol–water partition coefficient (Wildman–Crippen LogP) is 3.29. The Morgan fingerprint density at radius 2 is 1.75 bits per heavy atom. The summed E-state index contributed by atoms with van der Waals surface area (Å²) in [5.74, 6) is 3.65. The highest BCUT2D eigenvalue weighted by atomic mass is 16.5. The summed E-state index contributed by atoms with van der Waals surface area (Å²) in [6.07, 6.45) is 5.26. The van der Waals surface area contributed by atoms with Gasteiger partial charge in [0.1, 0.15) is 0 Å². The number of rotatable bonds is 6. The highest BCUT2D eigenvalue weighted by Crippen LogP contribution is 2.41. The molecule has 0 aliphatic carbocycles. The molecule has 1 N–H and O–H groups in total. The number of pyridine rings is 1. The molecule has 3 rings (SSSR count). The molecule has 1 amide bonds. The van der Waals surface area contributed by atoms with Crippen LogP contribution in [0.5, 0.6) is 17.2 Å². The third-order valence-electron chi connectivity index (χ3n) is 4.27. The predicted molar refractivity (Wildman–Crippen MR) is 108 cm³/mol. The normalized spacial score (nSPS) is 10.2. The van der Waals surface area contributed by atoms with E-state index in [1.165, 1.54) is 0 Å². The minimum Gasteiger partial charge on any atom is -0.493 e. The number of fused-ring (bicyclic) bond motifs is 1. The molecular weight excluding hydrogens is 356 g/mol. The van der Waals surface area contributed by atoms with Gasteiger partial charge in [-0.05, 0) is 24.3 Å². The van der Waals surface area contributed by atoms with Gasteiger partial charge in [-0.3, -0.25) is 4.79 Å². The first-order valence-electron chi connectivity index (χ1n) is 8.54. The van der Waals surface area contributed by atoms with E-state index < -0.39 is 0 Å². The van der Waals surface area contributed by atoms with Crippen LogP contribution >= 0.6 is 0 Å². The molecule has 6 heteroatoms. The summed E-state index contributed by atoms with van der Waals surface area (Å²) in [6.45, 7) is 0.148. The number of hydrogen-bond acceptors (Lipinski definition) is 5. The molecule has 0 saturated carbocycles. The molecule has 0 aliphatic rings. The second-order valence-corrected chi connectivity index (χ2v) is 5.87. The number of aromatic nitrogens is 1. The summed E-state index contributed by atoms with van der Waals surface area (Å²) in [5.41, 5.74) is 2.51. The molecule has 3 aromatic rings. The van der Waals surface area contributed by atoms with Crippen molar-refractivity contribution in [2.75, 3.05) is 27.9 Å². The van der Waals surface area contributed by atoms with Crippen molar-refractivity contribution in [2.45, 2.75) is 0 Å². The number of ether oxygens (including phenoxy) is 3. The SMILES string of the molecule is C#CCNC(=O)c1cc(-c2cc(OC)c(OC)c(OC)c2)nc2ccccc12. The van der Waals surface area contributed by atoms with Crippen molar-refractivity contribution >= 4 is 16.8 Å². The van der Waals surface area contributed by atoms with E-state index in [0.717, 1.165) is 10.9 Å². The minimum absolute atomic E-state index is 0.148. The highest BCUT2D eigenvalue weighted by molar-refractivity contribution is 6.07. The van der Waals surface area contributed by atoms with Gasteiger partial charge in [0.05, 0.1) is 44.6 Å². The van der Waals surface area contributed by atoms with Crippen molar-refractivity contribution in [3.63, 3.8) is 0 Å². The van der Waals surface area contributed by atoms with E-state index in [1.54, 1.807) is 39.5 Å². The Bertz CT molecular complexity index is 1040. The average Bonchev–Trinajstić information content (AvgIpc) is 2.75. The first-order valence-corrected chi connectivity index (χ1v) is 8.54. The molecule has 0 unspecified atom stereocenters. The second-order valence-electron chi connectivity index (χ2n) is 5.87. The van der Waals surface area contributed by atoms with E-state index in [1.807, 2.05) is 24.3 Å². The lowest BCUT2D eigenvalue weighted by atomic mass is 10.0. The minimum atomic E-state index is -0.259. The standard InChI is InChI=1S/C22H20N2O4/c1-5-10-23-22(25)16-13-18(24-17-9-7-6-8-15(16)17)14-11-19(26-2)21(28-4)20(12-14)27-3/h1,6-9,11-13H,10H2,2-4H3,(H,23,25). The van der Waals surface area contributed by atoms with Gasteiger partial charge in [-0.1, -0.05) is 24.1 Å². The van der Waals surface area contributed by atoms with Crippen LogP contribution in [-0.2, 0) is 0 Å². The van der Waals surface area contributed by atoms with Crippen LogP contribution in [0.4, 0.5) is 0 Å². The Kier molecular flexibility index (Phi) is 5.66. The van der Waals surface area contributed by atoms with E-state index in [9.17, 15) is 4.79 Å². The zero-order valence-electron chi connectivity index (χ0n) is 15.9. The third kappa shape index (κ3) is 3.55. The summed E-state index contributed by atoms with van der Waals surface area (Å²) in [6, 6.07) is 12.8. The molecule has 0 bridgehead atoms. The summed E-state index contributed by atoms with van der Waals surface area (Å²) < 4.78 is 16.2. The smallest absolute Gasteiger partial charge is 0.252 e. The molecule has 0 fully saturated rings. The number of benzene rings is 2. The molecule has 0 atom stereocenters. The zero-order valence-corrected chi connectivity index (χ0v) is 15.9. The Morgan fingerprint density at radius 3 is 2.36 bits per heavy atom. The van der Waals surface area contributed by atoms with E-state index in [-0.39, 0.29) is 12.5 Å². The number of para-hydroxylation sites is 1. The van der Waals surface area contributed by atoms with Gasteiger partial charge in [-0.25, -0.2) is 4.98 Å². The molecule has 1 heterocycles. The van der Waals surface area contributed by atoms with Crippen molar-refractivity contribution in [1.82, 2.24) is 10.3 Å². The summed E-state index contributed by atoms with van der Waals surface area (Å²) in [4.78, 5) is 17.3. The summed E-state index contributed by atoms with van der Waals surface area (Å²) in [5, 5.41) is 3.45. The number of methoxy groups -OCH3 is 3. The van der Waals surface area contributed by atoms with Gasteiger partial charge in [-0.15, -0.1) is 6.42 Å². The van der Waals surface area contributed by atoms with Gasteiger partial charge < -0.3 is 19.5 Å². The maximum atomic E-state index is 12.6. The van der Waals surface area contributed by atoms with Crippen LogP contribution < -0.4 is 19.5 Å². The zero-order chi connectivity index (χ0) is 20.1. The number of hydrogen-bond donors (Lipinski definition) is 1. The van der Waals surface area contributed by atoms with E-state index in [0.29, 0.717) is 34.0 Å². The second kappa shape index (κ2) is 8.31. The Labute approximate surface area is 163 Å². The summed E-state index contributed by atoms with van der Waals surface area (Å²) in [7, 11) is 4.64. The van der Waals surface area contributed by atoms with Gasteiger partial charge in [0.2, 0.25) is 5.75 Å². The van der Waals surface area contributed by atoms with Crippen molar-refractivity contribution < 1.29 is 19.0 Å². The van der Waals surface area contributed by atoms with E-state index in [4.69, 9.17) is 25.6 Å². The quantitative estimate of drug-likeness (QED) is 0.669. The fourth-order valence-electron chi connectivity index (χ4n) is 2.97. The fraction of sp³-hybridized carbons (Fsp3) is 0.182. The number of carbonyl (C=O) groups excluding carboxylic acids is 1. The lowest BCUT2D eigenvalue weighted by Gasteiger charge is -2.15. The largest absolute Gasteiger partial charge is 0.493 e. The van der Waals surface area contributed by atoms with Crippen molar-refractivity contribution in [3.8, 4) is 40.8 Å². The van der Waals surface area contributed by atoms with Crippen LogP contribution in [0.1, 0.15) is 10.4 Å². The molecule has 0 spiro atoms. The first-order chi connectivity index (χ1) is 13.6. The van der Waals surface area contributed by atoms with E-state index >= 15 is 0 Å². The van der Waals surface area contributed by atoms with Crippen LogP contribution in [0.25, 0.3) is 22.2 Å². The summed E-state index contributed by atoms with van der Waals surface area (Å²) >= 11 is 0. The first kappa shape index (κ1) is 19.1. The van der Waals surface area contributed by atoms with Crippen molar-refractivity contribution in [2.24, 2.45) is 0 Å². The number of amides is 1. The molecule has 1 aromatic heterocycles. The lowest BCUT2D eigenvalue weighted by Crippen LogP contribution is -2.23. The molecule has 6 nitrogen and oxygen atoms in total. The number of nitrogens with zero attached hydrogens (tertiary/aromatic N) is 1. The number of nitrogens with one attached hydrogen (secondary N) is 1. The average molecular weight is 376 g/mol. The Balaban J connectivity index is 2.21. The third-order valence-corrected chi connectivity index (χ3v) is 4.27. The monoisotopic (exact) mass is 376 g/mol. The van der Waals surface area contributed by atoms with Crippen LogP contribution in [-0.4, -0.2) is 38.8 Å². The van der Waals surface area contributed by atoms with Crippen LogP contribution in [0.15, 0.2) is 42.5 Å². The van der Waals surface area contributed by atoms with Gasteiger partial charge in [0.25, 0.3) is 5.91 Å². The van der Waals surface area contributed by atoms with Crippen LogP contribution in [0.2, 0.25) is 0 Å². The maximum absolute atomic E-state index is 12.6. The van der Waals surface area contributed by atoms with Crippen LogP contribution in [0.3, 0.4) is 0 Å². The van der Waals surface area contributed by atoms with Crippen molar-refractivity contribution in [1.29, 1.82) is 0 Å². The number of terminal acetylenes is 1. The molecule has 28 heavy (non-hydrogen) atoms. The molecule has 142 valence electrons. The molecular formula is C22H20N2O4. The van der Waals surface area contributed by atoms with Gasteiger partial charge >= 0.3 is 0 Å². The fourth-order valence-corrected chi connectivity index (χ4v) is 2.97. The topological polar surface area (TPSA) is 69.7 Å². The maximum Gasteiger partial charge on any atom is 0.252 e. The molecule has 0 saturated heterocycles. The van der Waals surface area contributed by atoms with Gasteiger partial charge in [0, 0.05) is 10.9 Å². The van der Waals surface area contributed by atoms with Gasteiger partial charge in [0.15, 0.2) is 11.5 Å². The Morgan fingerprint density at radius 1 is 1.07 bits per heavy atom. The molecule has 0 aliphatic heterocycles. The lowest BCUT2D eigenvalue weighted by molar-refractivity contribution is 0.0960. The molecule has 2 aromatic carbocycles.